The number of esters is 1. The highest BCUT2D eigenvalue weighted by molar-refractivity contribution is 9.12. The van der Waals surface area contributed by atoms with Gasteiger partial charge >= 0.3 is 12.1 Å². The van der Waals surface area contributed by atoms with Gasteiger partial charge in [-0.15, -0.1) is 0 Å². The third kappa shape index (κ3) is 7.87. The minimum absolute atomic E-state index is 0.102. The number of rotatable bonds is 4. The minimum atomic E-state index is -0.561. The van der Waals surface area contributed by atoms with Crippen LogP contribution >= 0.6 is 15.9 Å². The standard InChI is InChI=1S/C13H22BrNO4/c1-8(2)10(7-9(14)11(16)18-6)15-12(17)19-13(3,4)5/h7-8,10H,1-6H3,(H,15,17). The molecule has 0 aromatic carbocycles. The van der Waals surface area contributed by atoms with Gasteiger partial charge in [-0.2, -0.15) is 0 Å². The van der Waals surface area contributed by atoms with Crippen molar-refractivity contribution in [3.63, 3.8) is 0 Å². The highest BCUT2D eigenvalue weighted by Crippen LogP contribution is 2.14. The van der Waals surface area contributed by atoms with Crippen LogP contribution in [0.5, 0.6) is 0 Å². The van der Waals surface area contributed by atoms with Gasteiger partial charge in [-0.3, -0.25) is 0 Å². The second-order valence-electron chi connectivity index (χ2n) is 5.42. The summed E-state index contributed by atoms with van der Waals surface area (Å²) in [5.74, 6) is -0.388. The Bertz CT molecular complexity index is 358. The van der Waals surface area contributed by atoms with E-state index in [0.29, 0.717) is 0 Å². The predicted octanol–water partition coefficient (Wildman–Crippen LogP) is 2.99. The summed E-state index contributed by atoms with van der Waals surface area (Å²) in [6.45, 7) is 9.22. The Hall–Kier alpha value is -1.04. The Labute approximate surface area is 122 Å². The van der Waals surface area contributed by atoms with Gasteiger partial charge in [0.2, 0.25) is 0 Å². The predicted molar refractivity (Wildman–Crippen MR) is 77.0 cm³/mol. The molecule has 1 atom stereocenters. The van der Waals surface area contributed by atoms with Gasteiger partial charge in [-0.1, -0.05) is 13.8 Å². The fraction of sp³-hybridized carbons (Fsp3) is 0.692. The number of carbonyl (C=O) groups is 2. The van der Waals surface area contributed by atoms with Crippen LogP contribution in [0.4, 0.5) is 4.79 Å². The maximum Gasteiger partial charge on any atom is 0.408 e. The Kier molecular flexibility index (Phi) is 7.11. The Balaban J connectivity index is 4.77. The van der Waals surface area contributed by atoms with E-state index in [-0.39, 0.29) is 16.4 Å². The van der Waals surface area contributed by atoms with Crippen molar-refractivity contribution in [3.8, 4) is 0 Å². The normalized spacial score (nSPS) is 14.0. The fourth-order valence-corrected chi connectivity index (χ4v) is 1.61. The molecule has 0 aromatic rings. The summed E-state index contributed by atoms with van der Waals surface area (Å²) < 4.78 is 10.0. The summed E-state index contributed by atoms with van der Waals surface area (Å²) in [5.41, 5.74) is -0.561. The molecule has 1 unspecified atom stereocenters. The van der Waals surface area contributed by atoms with Gasteiger partial charge < -0.3 is 14.8 Å². The third-order valence-corrected chi connectivity index (χ3v) is 2.70. The van der Waals surface area contributed by atoms with Gasteiger partial charge in [0.15, 0.2) is 0 Å². The highest BCUT2D eigenvalue weighted by atomic mass is 79.9. The van der Waals surface area contributed by atoms with Crippen LogP contribution in [0, 0.1) is 5.92 Å². The first kappa shape index (κ1) is 18.0. The molecule has 0 saturated carbocycles. The van der Waals surface area contributed by atoms with Crippen LogP contribution in [0.3, 0.4) is 0 Å². The zero-order valence-electron chi connectivity index (χ0n) is 12.2. The van der Waals surface area contributed by atoms with E-state index in [1.54, 1.807) is 26.8 Å². The minimum Gasteiger partial charge on any atom is -0.465 e. The molecular weight excluding hydrogens is 314 g/mol. The number of carbonyl (C=O) groups excluding carboxylic acids is 2. The van der Waals surface area contributed by atoms with Crippen molar-refractivity contribution >= 4 is 28.0 Å². The molecule has 0 heterocycles. The lowest BCUT2D eigenvalue weighted by Gasteiger charge is -2.24. The van der Waals surface area contributed by atoms with Gasteiger partial charge in [0, 0.05) is 0 Å². The molecular formula is C13H22BrNO4. The number of halogens is 1. The zero-order chi connectivity index (χ0) is 15.2. The van der Waals surface area contributed by atoms with E-state index in [0.717, 1.165) is 0 Å². The van der Waals surface area contributed by atoms with Gasteiger partial charge in [-0.25, -0.2) is 9.59 Å². The van der Waals surface area contributed by atoms with E-state index in [4.69, 9.17) is 4.74 Å². The average molecular weight is 336 g/mol. The van der Waals surface area contributed by atoms with Gasteiger partial charge in [0.25, 0.3) is 0 Å². The number of methoxy groups -OCH3 is 1. The first-order valence-electron chi connectivity index (χ1n) is 6.02. The van der Waals surface area contributed by atoms with Crippen molar-refractivity contribution in [2.45, 2.75) is 46.3 Å². The van der Waals surface area contributed by atoms with Gasteiger partial charge in [-0.05, 0) is 48.7 Å². The van der Waals surface area contributed by atoms with E-state index in [1.165, 1.54) is 7.11 Å². The molecule has 0 fully saturated rings. The lowest BCUT2D eigenvalue weighted by molar-refractivity contribution is -0.135. The number of ether oxygens (including phenoxy) is 2. The van der Waals surface area contributed by atoms with E-state index in [2.05, 4.69) is 26.0 Å². The summed E-state index contributed by atoms with van der Waals surface area (Å²) in [6, 6.07) is -0.330. The highest BCUT2D eigenvalue weighted by Gasteiger charge is 2.21. The van der Waals surface area contributed by atoms with Crippen LogP contribution in [-0.2, 0) is 14.3 Å². The summed E-state index contributed by atoms with van der Waals surface area (Å²) in [5, 5.41) is 2.71. The van der Waals surface area contributed by atoms with E-state index < -0.39 is 17.7 Å². The second-order valence-corrected chi connectivity index (χ2v) is 6.28. The largest absolute Gasteiger partial charge is 0.465 e. The quantitative estimate of drug-likeness (QED) is 0.633. The number of amides is 1. The van der Waals surface area contributed by atoms with Crippen molar-refractivity contribution < 1.29 is 19.1 Å². The van der Waals surface area contributed by atoms with Crippen molar-refractivity contribution in [2.24, 2.45) is 5.92 Å². The average Bonchev–Trinajstić information content (AvgIpc) is 2.24. The van der Waals surface area contributed by atoms with E-state index in [9.17, 15) is 9.59 Å². The molecule has 0 bridgehead atoms. The molecule has 0 saturated heterocycles. The lowest BCUT2D eigenvalue weighted by atomic mass is 10.0. The van der Waals surface area contributed by atoms with Gasteiger partial charge in [0.05, 0.1) is 13.2 Å². The van der Waals surface area contributed by atoms with Crippen LogP contribution in [-0.4, -0.2) is 30.8 Å². The second kappa shape index (κ2) is 7.53. The lowest BCUT2D eigenvalue weighted by Crippen LogP contribution is -2.41. The smallest absolute Gasteiger partial charge is 0.408 e. The molecule has 6 heteroatoms. The third-order valence-electron chi connectivity index (χ3n) is 2.11. The SMILES string of the molecule is COC(=O)C(Br)=CC(NC(=O)OC(C)(C)C)C(C)C. The summed E-state index contributed by atoms with van der Waals surface area (Å²) in [6.07, 6.45) is 1.08. The van der Waals surface area contributed by atoms with E-state index in [1.807, 2.05) is 13.8 Å². The fourth-order valence-electron chi connectivity index (χ4n) is 1.17. The first-order valence-corrected chi connectivity index (χ1v) is 6.81. The topological polar surface area (TPSA) is 64.6 Å². The number of hydrogen-bond donors (Lipinski definition) is 1. The van der Waals surface area contributed by atoms with Crippen LogP contribution in [0.2, 0.25) is 0 Å². The first-order chi connectivity index (χ1) is 8.56. The molecule has 19 heavy (non-hydrogen) atoms. The summed E-state index contributed by atoms with van der Waals surface area (Å²) >= 11 is 3.12. The molecule has 5 nitrogen and oxygen atoms in total. The van der Waals surface area contributed by atoms with E-state index >= 15 is 0 Å². The molecule has 0 radical (unpaired) electrons. The van der Waals surface area contributed by atoms with Crippen LogP contribution in [0.1, 0.15) is 34.6 Å². The Morgan fingerprint density at radius 1 is 1.26 bits per heavy atom. The zero-order valence-corrected chi connectivity index (χ0v) is 13.8. The van der Waals surface area contributed by atoms with Crippen molar-refractivity contribution in [1.82, 2.24) is 5.32 Å². The summed E-state index contributed by atoms with van der Waals surface area (Å²) in [4.78, 5) is 23.0. The maximum atomic E-state index is 11.7. The maximum absolute atomic E-state index is 11.7. The van der Waals surface area contributed by atoms with Gasteiger partial charge in [0.1, 0.15) is 10.1 Å². The Morgan fingerprint density at radius 2 is 1.79 bits per heavy atom. The van der Waals surface area contributed by atoms with Crippen LogP contribution in [0.15, 0.2) is 10.6 Å². The molecule has 0 aromatic heterocycles. The molecule has 1 N–H and O–H groups in total. The number of alkyl carbamates (subject to hydrolysis) is 1. The van der Waals surface area contributed by atoms with Crippen molar-refractivity contribution in [1.29, 1.82) is 0 Å². The molecule has 0 rings (SSSR count). The molecule has 0 aliphatic carbocycles. The Morgan fingerprint density at radius 3 is 2.16 bits per heavy atom. The molecule has 0 aliphatic heterocycles. The monoisotopic (exact) mass is 335 g/mol. The summed E-state index contributed by atoms with van der Waals surface area (Å²) in [7, 11) is 1.29. The molecule has 0 spiro atoms. The van der Waals surface area contributed by atoms with Crippen molar-refractivity contribution in [3.05, 3.63) is 10.6 Å². The molecule has 1 amide bonds. The number of nitrogens with one attached hydrogen (secondary N) is 1. The van der Waals surface area contributed by atoms with Crippen LogP contribution in [0.25, 0.3) is 0 Å². The molecule has 110 valence electrons. The molecule has 0 aliphatic rings. The van der Waals surface area contributed by atoms with Crippen molar-refractivity contribution in [2.75, 3.05) is 7.11 Å². The van der Waals surface area contributed by atoms with Crippen LogP contribution < -0.4 is 5.32 Å². The number of hydrogen-bond acceptors (Lipinski definition) is 4.